The molecule has 2 aromatic carbocycles. The zero-order valence-corrected chi connectivity index (χ0v) is 13.9. The van der Waals surface area contributed by atoms with Gasteiger partial charge in [0, 0.05) is 12.2 Å². The van der Waals surface area contributed by atoms with Gasteiger partial charge in [-0.15, -0.1) is 0 Å². The normalized spacial score (nSPS) is 16.7. The molecule has 2 aliphatic rings. The first-order valence-corrected chi connectivity index (χ1v) is 8.04. The van der Waals surface area contributed by atoms with Crippen LogP contribution in [0.25, 0.3) is 10.8 Å². The monoisotopic (exact) mass is 343 g/mol. The Hall–Kier alpha value is -2.69. The minimum Gasteiger partial charge on any atom is -0.457 e. The van der Waals surface area contributed by atoms with Crippen molar-refractivity contribution in [3.05, 3.63) is 23.8 Å². The van der Waals surface area contributed by atoms with Crippen molar-refractivity contribution in [2.45, 2.75) is 26.2 Å². The molecule has 0 aromatic heterocycles. The van der Waals surface area contributed by atoms with Crippen molar-refractivity contribution in [3.63, 3.8) is 0 Å². The summed E-state index contributed by atoms with van der Waals surface area (Å²) in [6.07, 6.45) is -1.39. The fourth-order valence-electron chi connectivity index (χ4n) is 3.11. The van der Waals surface area contributed by atoms with E-state index in [9.17, 15) is 5.26 Å². The van der Waals surface area contributed by atoms with Crippen LogP contribution in [0.4, 0.5) is 0 Å². The predicted octanol–water partition coefficient (Wildman–Crippen LogP) is 3.26. The Morgan fingerprint density at radius 3 is 2.48 bits per heavy atom. The first-order valence-electron chi connectivity index (χ1n) is 8.04. The third kappa shape index (κ3) is 2.60. The molecular weight excluding hydrogens is 326 g/mol. The number of nitrogens with zero attached hydrogens (tertiary/aromatic N) is 1. The highest BCUT2D eigenvalue weighted by atomic mass is 16.7. The average molecular weight is 343 g/mol. The zero-order chi connectivity index (χ0) is 17.4. The molecule has 0 saturated heterocycles. The third-order valence-electron chi connectivity index (χ3n) is 4.13. The maximum absolute atomic E-state index is 9.63. The lowest BCUT2D eigenvalue weighted by Gasteiger charge is -2.28. The standard InChI is InChI=1S/C18H17NO6/c1-3-20-10(2)25-15(7-19)11-6-14-16-12(21-8-23-14)4-5-13-17(16)18(11)24-9-22-13/h4-6,10,15H,3,8-9H2,1-2H3. The number of hydrogen-bond donors (Lipinski definition) is 0. The van der Waals surface area contributed by atoms with E-state index in [2.05, 4.69) is 6.07 Å². The Morgan fingerprint density at radius 2 is 1.76 bits per heavy atom. The molecule has 0 radical (unpaired) electrons. The van der Waals surface area contributed by atoms with Crippen LogP contribution in [-0.4, -0.2) is 26.5 Å². The highest BCUT2D eigenvalue weighted by molar-refractivity contribution is 6.03. The van der Waals surface area contributed by atoms with Crippen molar-refractivity contribution >= 4 is 10.8 Å². The summed E-state index contributed by atoms with van der Waals surface area (Å²) in [5.74, 6) is 2.51. The van der Waals surface area contributed by atoms with Gasteiger partial charge in [0.25, 0.3) is 0 Å². The molecule has 2 unspecified atom stereocenters. The minimum absolute atomic E-state index is 0.0642. The van der Waals surface area contributed by atoms with Crippen LogP contribution in [0.5, 0.6) is 23.0 Å². The van der Waals surface area contributed by atoms with Crippen LogP contribution in [-0.2, 0) is 9.47 Å². The second-order valence-electron chi connectivity index (χ2n) is 5.59. The van der Waals surface area contributed by atoms with Crippen LogP contribution < -0.4 is 18.9 Å². The quantitative estimate of drug-likeness (QED) is 0.771. The van der Waals surface area contributed by atoms with Gasteiger partial charge in [-0.2, -0.15) is 5.26 Å². The summed E-state index contributed by atoms with van der Waals surface area (Å²) in [7, 11) is 0. The molecule has 2 aromatic rings. The van der Waals surface area contributed by atoms with Crippen molar-refractivity contribution in [3.8, 4) is 29.1 Å². The van der Waals surface area contributed by atoms with Crippen LogP contribution in [0.3, 0.4) is 0 Å². The van der Waals surface area contributed by atoms with Crippen LogP contribution in [0.2, 0.25) is 0 Å². The molecule has 4 rings (SSSR count). The lowest BCUT2D eigenvalue weighted by Crippen LogP contribution is -2.20. The van der Waals surface area contributed by atoms with E-state index in [1.807, 2.05) is 19.1 Å². The summed E-state index contributed by atoms with van der Waals surface area (Å²) in [6.45, 7) is 4.28. The second kappa shape index (κ2) is 6.31. The van der Waals surface area contributed by atoms with Gasteiger partial charge in [0.2, 0.25) is 13.6 Å². The molecule has 0 saturated carbocycles. The molecule has 2 heterocycles. The molecular formula is C18H17NO6. The molecule has 2 aliphatic heterocycles. The van der Waals surface area contributed by atoms with E-state index in [1.165, 1.54) is 0 Å². The smallest absolute Gasteiger partial charge is 0.230 e. The lowest BCUT2D eigenvalue weighted by atomic mass is 9.98. The van der Waals surface area contributed by atoms with Gasteiger partial charge in [0.05, 0.1) is 16.8 Å². The van der Waals surface area contributed by atoms with E-state index >= 15 is 0 Å². The third-order valence-corrected chi connectivity index (χ3v) is 4.13. The van der Waals surface area contributed by atoms with E-state index in [1.54, 1.807) is 13.0 Å². The highest BCUT2D eigenvalue weighted by Crippen LogP contribution is 2.50. The van der Waals surface area contributed by atoms with Crippen LogP contribution >= 0.6 is 0 Å². The van der Waals surface area contributed by atoms with Gasteiger partial charge in [-0.3, -0.25) is 0 Å². The fourth-order valence-corrected chi connectivity index (χ4v) is 3.11. The van der Waals surface area contributed by atoms with Crippen LogP contribution in [0, 0.1) is 11.3 Å². The topological polar surface area (TPSA) is 79.2 Å². The second-order valence-corrected chi connectivity index (χ2v) is 5.59. The van der Waals surface area contributed by atoms with Gasteiger partial charge in [-0.05, 0) is 32.0 Å². The van der Waals surface area contributed by atoms with Crippen molar-refractivity contribution in [1.29, 1.82) is 5.26 Å². The fraction of sp³-hybridized carbons (Fsp3) is 0.389. The number of benzene rings is 2. The molecule has 0 aliphatic carbocycles. The number of ether oxygens (including phenoxy) is 6. The summed E-state index contributed by atoms with van der Waals surface area (Å²) < 4.78 is 33.6. The first-order chi connectivity index (χ1) is 12.2. The Labute approximate surface area is 144 Å². The SMILES string of the molecule is CCOC(C)OC(C#N)c1cc2c3c(ccc4c3c1OCO4)OCO2. The van der Waals surface area contributed by atoms with E-state index < -0.39 is 12.4 Å². The van der Waals surface area contributed by atoms with Gasteiger partial charge in [0.1, 0.15) is 23.0 Å². The molecule has 25 heavy (non-hydrogen) atoms. The summed E-state index contributed by atoms with van der Waals surface area (Å²) in [5, 5.41) is 11.1. The Balaban J connectivity index is 1.88. The van der Waals surface area contributed by atoms with Crippen molar-refractivity contribution in [2.24, 2.45) is 0 Å². The Morgan fingerprint density at radius 1 is 1.08 bits per heavy atom. The lowest BCUT2D eigenvalue weighted by molar-refractivity contribution is -0.145. The number of nitriles is 1. The largest absolute Gasteiger partial charge is 0.457 e. The molecule has 0 spiro atoms. The molecule has 0 amide bonds. The Kier molecular flexibility index (Phi) is 3.99. The van der Waals surface area contributed by atoms with E-state index in [0.717, 1.165) is 10.8 Å². The predicted molar refractivity (Wildman–Crippen MR) is 86.7 cm³/mol. The van der Waals surface area contributed by atoms with Crippen LogP contribution in [0.15, 0.2) is 18.2 Å². The molecule has 0 fully saturated rings. The molecule has 0 N–H and O–H groups in total. The zero-order valence-electron chi connectivity index (χ0n) is 13.9. The maximum Gasteiger partial charge on any atom is 0.230 e. The van der Waals surface area contributed by atoms with Gasteiger partial charge < -0.3 is 28.4 Å². The van der Waals surface area contributed by atoms with Crippen molar-refractivity contribution in [2.75, 3.05) is 20.2 Å². The first kappa shape index (κ1) is 15.8. The molecule has 7 heteroatoms. The van der Waals surface area contributed by atoms with E-state index in [4.69, 9.17) is 28.4 Å². The van der Waals surface area contributed by atoms with Gasteiger partial charge in [-0.1, -0.05) is 0 Å². The molecule has 0 bridgehead atoms. The molecule has 130 valence electrons. The number of rotatable bonds is 5. The summed E-state index contributed by atoms with van der Waals surface area (Å²) in [6, 6.07) is 7.60. The van der Waals surface area contributed by atoms with Gasteiger partial charge >= 0.3 is 0 Å². The maximum atomic E-state index is 9.63. The molecule has 2 atom stereocenters. The Bertz CT molecular complexity index is 859. The van der Waals surface area contributed by atoms with Crippen molar-refractivity contribution < 1.29 is 28.4 Å². The summed E-state index contributed by atoms with van der Waals surface area (Å²) in [4.78, 5) is 0. The van der Waals surface area contributed by atoms with Crippen LogP contribution in [0.1, 0.15) is 25.5 Å². The summed E-state index contributed by atoms with van der Waals surface area (Å²) >= 11 is 0. The van der Waals surface area contributed by atoms with Crippen molar-refractivity contribution in [1.82, 2.24) is 0 Å². The van der Waals surface area contributed by atoms with Gasteiger partial charge in [-0.25, -0.2) is 0 Å². The average Bonchev–Trinajstić information content (AvgIpc) is 2.64. The number of hydrogen-bond acceptors (Lipinski definition) is 7. The van der Waals surface area contributed by atoms with E-state index in [0.29, 0.717) is 35.2 Å². The highest BCUT2D eigenvalue weighted by Gasteiger charge is 2.30. The summed E-state index contributed by atoms with van der Waals surface area (Å²) in [5.41, 5.74) is 0.583. The van der Waals surface area contributed by atoms with Gasteiger partial charge in [0.15, 0.2) is 12.4 Å². The molecule has 7 nitrogen and oxygen atoms in total. The minimum atomic E-state index is -0.863. The van der Waals surface area contributed by atoms with E-state index in [-0.39, 0.29) is 13.6 Å².